The lowest BCUT2D eigenvalue weighted by molar-refractivity contribution is 0.0601. The summed E-state index contributed by atoms with van der Waals surface area (Å²) in [6.45, 7) is 2.02. The van der Waals surface area contributed by atoms with E-state index in [0.29, 0.717) is 12.0 Å². The number of rotatable bonds is 8. The molecule has 176 valence electrons. The van der Waals surface area contributed by atoms with E-state index in [1.165, 1.54) is 27.3 Å². The molecule has 1 aromatic heterocycles. The van der Waals surface area contributed by atoms with E-state index in [4.69, 9.17) is 10.5 Å². The molecule has 2 N–H and O–H groups in total. The Morgan fingerprint density at radius 1 is 1.18 bits per heavy atom. The molecule has 9 heteroatoms. The van der Waals surface area contributed by atoms with E-state index in [9.17, 15) is 17.6 Å². The molecule has 0 spiro atoms. The van der Waals surface area contributed by atoms with Crippen LogP contribution in [0.25, 0.3) is 10.9 Å². The summed E-state index contributed by atoms with van der Waals surface area (Å²) in [5.41, 5.74) is 9.27. The average molecular weight is 474 g/mol. The number of allylic oxidation sites excluding steroid dienone is 1. The van der Waals surface area contributed by atoms with E-state index in [1.54, 1.807) is 42.5 Å². The van der Waals surface area contributed by atoms with E-state index in [-0.39, 0.29) is 23.8 Å². The molecule has 7 nitrogen and oxygen atoms in total. The molecule has 0 aliphatic rings. The smallest absolute Gasteiger partial charge is 0.337 e. The third kappa shape index (κ3) is 5.00. The van der Waals surface area contributed by atoms with Gasteiger partial charge in [-0.25, -0.2) is 21.9 Å². The molecule has 3 aromatic rings. The van der Waals surface area contributed by atoms with Crippen molar-refractivity contribution < 1.29 is 22.3 Å². The molecule has 0 bridgehead atoms. The van der Waals surface area contributed by atoms with E-state index >= 15 is 0 Å². The van der Waals surface area contributed by atoms with Crippen LogP contribution >= 0.6 is 0 Å². The number of fused-ring (bicyclic) bond motifs is 1. The predicted octanol–water partition coefficient (Wildman–Crippen LogP) is 3.39. The maximum absolute atomic E-state index is 14.3. The van der Waals surface area contributed by atoms with Crippen LogP contribution in [0.2, 0.25) is 0 Å². The lowest BCUT2D eigenvalue weighted by Gasteiger charge is -2.12. The summed E-state index contributed by atoms with van der Waals surface area (Å²) in [6, 6.07) is 11.8. The van der Waals surface area contributed by atoms with Gasteiger partial charge in [0.1, 0.15) is 5.83 Å². The lowest BCUT2D eigenvalue weighted by Crippen LogP contribution is -2.22. The number of carbonyl (C=O) groups is 1. The Morgan fingerprint density at radius 2 is 1.85 bits per heavy atom. The maximum atomic E-state index is 14.3. The zero-order valence-electron chi connectivity index (χ0n) is 19.1. The highest BCUT2D eigenvalue weighted by molar-refractivity contribution is 7.89. The molecule has 0 unspecified atom stereocenters. The van der Waals surface area contributed by atoms with E-state index < -0.39 is 16.0 Å². The highest BCUT2D eigenvalue weighted by Crippen LogP contribution is 2.30. The minimum atomic E-state index is -3.52. The van der Waals surface area contributed by atoms with Gasteiger partial charge in [0.25, 0.3) is 0 Å². The molecule has 1 heterocycles. The standard InChI is InChI=1S/C24H28FN3O4S/c1-16-21(13-17-5-8-20(9-6-17)33(30,31)27(2)3)22-14-18(24(29)32-4)7-10-23(22)28(16)15-19(25)11-12-26/h5-11,14H,12-13,15,26H2,1-4H3/b19-11-. The van der Waals surface area contributed by atoms with Gasteiger partial charge in [-0.1, -0.05) is 12.1 Å². The first-order valence-electron chi connectivity index (χ1n) is 10.4. The summed E-state index contributed by atoms with van der Waals surface area (Å²) >= 11 is 0. The highest BCUT2D eigenvalue weighted by Gasteiger charge is 2.19. The number of nitrogens with zero attached hydrogens (tertiary/aromatic N) is 2. The molecule has 3 rings (SSSR count). The first kappa shape index (κ1) is 24.6. The van der Waals surface area contributed by atoms with Gasteiger partial charge in [0.05, 0.1) is 24.1 Å². The molecule has 0 aliphatic heterocycles. The summed E-state index contributed by atoms with van der Waals surface area (Å²) in [5, 5.41) is 0.806. The van der Waals surface area contributed by atoms with Crippen molar-refractivity contribution in [2.45, 2.75) is 24.8 Å². The second kappa shape index (κ2) is 9.86. The fourth-order valence-corrected chi connectivity index (χ4v) is 4.66. The predicted molar refractivity (Wildman–Crippen MR) is 126 cm³/mol. The van der Waals surface area contributed by atoms with Crippen LogP contribution in [0.4, 0.5) is 4.39 Å². The molecule has 33 heavy (non-hydrogen) atoms. The minimum absolute atomic E-state index is 0.0249. The lowest BCUT2D eigenvalue weighted by atomic mass is 10.0. The van der Waals surface area contributed by atoms with E-state index in [2.05, 4.69) is 0 Å². The second-order valence-electron chi connectivity index (χ2n) is 7.87. The van der Waals surface area contributed by atoms with Gasteiger partial charge in [0.15, 0.2) is 0 Å². The Labute approximate surface area is 193 Å². The molecule has 0 amide bonds. The van der Waals surface area contributed by atoms with Crippen LogP contribution in [0.15, 0.2) is 59.3 Å². The summed E-state index contributed by atoms with van der Waals surface area (Å²) in [5.74, 6) is -0.806. The summed E-state index contributed by atoms with van der Waals surface area (Å²) < 4.78 is 46.9. The molecule has 0 saturated heterocycles. The molecule has 0 atom stereocenters. The van der Waals surface area contributed by atoms with Crippen molar-refractivity contribution >= 4 is 26.9 Å². The van der Waals surface area contributed by atoms with Crippen molar-refractivity contribution in [3.63, 3.8) is 0 Å². The molecule has 0 aliphatic carbocycles. The number of hydrogen-bond donors (Lipinski definition) is 1. The molecule has 0 radical (unpaired) electrons. The van der Waals surface area contributed by atoms with Crippen LogP contribution < -0.4 is 5.73 Å². The van der Waals surface area contributed by atoms with Gasteiger partial charge in [0, 0.05) is 37.2 Å². The van der Waals surface area contributed by atoms with Crippen molar-refractivity contribution in [1.82, 2.24) is 8.87 Å². The summed E-state index contributed by atoms with van der Waals surface area (Å²) in [7, 11) is 0.767. The molecule has 0 fully saturated rings. The Hall–Kier alpha value is -3.01. The fourth-order valence-electron chi connectivity index (χ4n) is 3.76. The van der Waals surface area contributed by atoms with Crippen LogP contribution in [0.1, 0.15) is 27.2 Å². The van der Waals surface area contributed by atoms with Gasteiger partial charge < -0.3 is 15.0 Å². The van der Waals surface area contributed by atoms with Crippen molar-refractivity contribution in [1.29, 1.82) is 0 Å². The van der Waals surface area contributed by atoms with Gasteiger partial charge in [-0.2, -0.15) is 0 Å². The first-order chi connectivity index (χ1) is 15.6. The Bertz CT molecular complexity index is 1310. The summed E-state index contributed by atoms with van der Waals surface area (Å²) in [6.07, 6.45) is 1.81. The van der Waals surface area contributed by atoms with Crippen LogP contribution in [0.3, 0.4) is 0 Å². The van der Waals surface area contributed by atoms with Crippen molar-refractivity contribution in [2.75, 3.05) is 27.7 Å². The SMILES string of the molecule is COC(=O)c1ccc2c(c1)c(Cc1ccc(S(=O)(=O)N(C)C)cc1)c(C)n2C/C(F)=C/CN. The molecular weight excluding hydrogens is 445 g/mol. The number of carbonyl (C=O) groups excluding carboxylic acids is 1. The Kier molecular flexibility index (Phi) is 7.36. The van der Waals surface area contributed by atoms with Crippen LogP contribution in [-0.2, 0) is 27.7 Å². The van der Waals surface area contributed by atoms with Gasteiger partial charge in [-0.15, -0.1) is 0 Å². The summed E-state index contributed by atoms with van der Waals surface area (Å²) in [4.78, 5) is 12.3. The number of hydrogen-bond acceptors (Lipinski definition) is 5. The molecule has 0 saturated carbocycles. The molecular formula is C24H28FN3O4S. The van der Waals surface area contributed by atoms with Gasteiger partial charge in [-0.3, -0.25) is 0 Å². The number of benzene rings is 2. The van der Waals surface area contributed by atoms with Crippen molar-refractivity contribution in [2.24, 2.45) is 5.73 Å². The highest BCUT2D eigenvalue weighted by atomic mass is 32.2. The second-order valence-corrected chi connectivity index (χ2v) is 10.0. The van der Waals surface area contributed by atoms with Crippen LogP contribution in [0, 0.1) is 6.92 Å². The number of methoxy groups -OCH3 is 1. The third-order valence-electron chi connectivity index (χ3n) is 5.61. The zero-order valence-corrected chi connectivity index (χ0v) is 19.9. The van der Waals surface area contributed by atoms with Crippen LogP contribution in [-0.4, -0.2) is 51.0 Å². The van der Waals surface area contributed by atoms with E-state index in [0.717, 1.165) is 32.0 Å². The van der Waals surface area contributed by atoms with Gasteiger partial charge >= 0.3 is 5.97 Å². The number of halogens is 1. The molecule has 2 aromatic carbocycles. The number of nitrogens with two attached hydrogens (primary N) is 1. The Morgan fingerprint density at radius 3 is 2.42 bits per heavy atom. The number of ether oxygens (including phenoxy) is 1. The first-order valence-corrected chi connectivity index (χ1v) is 11.8. The normalized spacial score (nSPS) is 12.5. The minimum Gasteiger partial charge on any atom is -0.465 e. The van der Waals surface area contributed by atoms with Crippen molar-refractivity contribution in [3.8, 4) is 0 Å². The quantitative estimate of drug-likeness (QED) is 0.506. The Balaban J connectivity index is 2.09. The topological polar surface area (TPSA) is 94.6 Å². The monoisotopic (exact) mass is 473 g/mol. The fraction of sp³-hybridized carbons (Fsp3) is 0.292. The van der Waals surface area contributed by atoms with Crippen LogP contribution in [0.5, 0.6) is 0 Å². The average Bonchev–Trinajstić information content (AvgIpc) is 3.04. The number of sulfonamides is 1. The van der Waals surface area contributed by atoms with Gasteiger partial charge in [0.2, 0.25) is 10.0 Å². The maximum Gasteiger partial charge on any atom is 0.337 e. The number of esters is 1. The largest absolute Gasteiger partial charge is 0.465 e. The van der Waals surface area contributed by atoms with E-state index in [1.807, 2.05) is 11.5 Å². The third-order valence-corrected chi connectivity index (χ3v) is 7.44. The van der Waals surface area contributed by atoms with Gasteiger partial charge in [-0.05, 0) is 60.9 Å². The number of aromatic nitrogens is 1. The zero-order chi connectivity index (χ0) is 24.3. The van der Waals surface area contributed by atoms with Crippen molar-refractivity contribution in [3.05, 3.63) is 76.8 Å².